The van der Waals surface area contributed by atoms with Crippen LogP contribution in [0.5, 0.6) is 0 Å². The molecule has 9 heteroatoms. The highest BCUT2D eigenvalue weighted by Crippen LogP contribution is 2.13. The average molecular weight is 275 g/mol. The molecule has 1 aliphatic heterocycles. The van der Waals surface area contributed by atoms with Gasteiger partial charge >= 0.3 is 0 Å². The maximum absolute atomic E-state index is 4.38. The van der Waals surface area contributed by atoms with Crippen LogP contribution < -0.4 is 10.6 Å². The smallest absolute Gasteiger partial charge is 0.258 e. The number of nitrogens with one attached hydrogen (secondary N) is 2. The summed E-state index contributed by atoms with van der Waals surface area (Å²) in [6.45, 7) is 2.07. The lowest BCUT2D eigenvalue weighted by molar-refractivity contribution is 0.414. The van der Waals surface area contributed by atoms with Crippen molar-refractivity contribution in [3.8, 4) is 5.95 Å². The Morgan fingerprint density at radius 2 is 2.10 bits per heavy atom. The highest BCUT2D eigenvalue weighted by molar-refractivity contribution is 5.38. The van der Waals surface area contributed by atoms with E-state index in [0.717, 1.165) is 19.5 Å². The molecule has 2 aromatic rings. The summed E-state index contributed by atoms with van der Waals surface area (Å²) >= 11 is 0. The zero-order chi connectivity index (χ0) is 13.9. The van der Waals surface area contributed by atoms with Gasteiger partial charge in [-0.05, 0) is 20.0 Å². The average Bonchev–Trinajstić information content (AvgIpc) is 3.10. The highest BCUT2D eigenvalue weighted by atomic mass is 15.4. The number of anilines is 2. The van der Waals surface area contributed by atoms with E-state index in [1.54, 1.807) is 13.4 Å². The Kier molecular flexibility index (Phi) is 3.42. The number of likely N-dealkylation sites (tertiary alicyclic amines) is 1. The molecule has 2 aromatic heterocycles. The second-order valence-corrected chi connectivity index (χ2v) is 4.76. The molecule has 0 aliphatic carbocycles. The summed E-state index contributed by atoms with van der Waals surface area (Å²) in [6, 6.07) is 0.357. The number of hydrogen-bond acceptors (Lipinski definition) is 8. The van der Waals surface area contributed by atoms with Gasteiger partial charge in [-0.25, -0.2) is 4.98 Å². The van der Waals surface area contributed by atoms with Gasteiger partial charge in [-0.3, -0.25) is 0 Å². The summed E-state index contributed by atoms with van der Waals surface area (Å²) in [5, 5.41) is 10.3. The molecule has 20 heavy (non-hydrogen) atoms. The normalized spacial score (nSPS) is 19.2. The zero-order valence-corrected chi connectivity index (χ0v) is 11.5. The predicted molar refractivity (Wildman–Crippen MR) is 73.8 cm³/mol. The second-order valence-electron chi connectivity index (χ2n) is 4.76. The fraction of sp³-hybridized carbons (Fsp3) is 0.545. The molecule has 1 unspecified atom stereocenters. The molecule has 3 heterocycles. The lowest BCUT2D eigenvalue weighted by Crippen LogP contribution is -2.25. The Balaban J connectivity index is 1.85. The van der Waals surface area contributed by atoms with E-state index in [1.165, 1.54) is 11.0 Å². The standard InChI is InChI=1S/C11H17N9/c1-12-9-16-10(15-8-3-4-19(2)5-8)18-11(17-9)20-7-13-6-14-20/h6-8H,3-5H2,1-2H3,(H2,12,15,16,17,18). The van der Waals surface area contributed by atoms with Crippen molar-refractivity contribution < 1.29 is 0 Å². The number of hydrogen-bond donors (Lipinski definition) is 2. The van der Waals surface area contributed by atoms with Crippen LogP contribution in [0.3, 0.4) is 0 Å². The van der Waals surface area contributed by atoms with E-state index in [-0.39, 0.29) is 0 Å². The van der Waals surface area contributed by atoms with Crippen molar-refractivity contribution in [2.45, 2.75) is 12.5 Å². The van der Waals surface area contributed by atoms with Crippen molar-refractivity contribution in [1.29, 1.82) is 0 Å². The SMILES string of the molecule is CNc1nc(NC2CCN(C)C2)nc(-n2cncn2)n1. The molecular formula is C11H17N9. The van der Waals surface area contributed by atoms with Gasteiger partial charge in [-0.2, -0.15) is 24.7 Å². The van der Waals surface area contributed by atoms with E-state index in [4.69, 9.17) is 0 Å². The van der Waals surface area contributed by atoms with Crippen LogP contribution in [-0.4, -0.2) is 67.8 Å². The first-order chi connectivity index (χ1) is 9.74. The van der Waals surface area contributed by atoms with E-state index >= 15 is 0 Å². The monoisotopic (exact) mass is 275 g/mol. The maximum Gasteiger partial charge on any atom is 0.258 e. The van der Waals surface area contributed by atoms with Crippen LogP contribution in [0.2, 0.25) is 0 Å². The van der Waals surface area contributed by atoms with Gasteiger partial charge in [0.25, 0.3) is 5.95 Å². The fourth-order valence-corrected chi connectivity index (χ4v) is 2.19. The molecule has 0 spiro atoms. The van der Waals surface area contributed by atoms with Crippen molar-refractivity contribution in [1.82, 2.24) is 34.6 Å². The Morgan fingerprint density at radius 1 is 1.25 bits per heavy atom. The van der Waals surface area contributed by atoms with Crippen LogP contribution in [0, 0.1) is 0 Å². The van der Waals surface area contributed by atoms with Crippen molar-refractivity contribution in [3.63, 3.8) is 0 Å². The van der Waals surface area contributed by atoms with Crippen molar-refractivity contribution in [2.24, 2.45) is 0 Å². The molecule has 2 N–H and O–H groups in total. The first kappa shape index (κ1) is 12.7. The summed E-state index contributed by atoms with van der Waals surface area (Å²) < 4.78 is 1.51. The first-order valence-corrected chi connectivity index (χ1v) is 6.48. The summed E-state index contributed by atoms with van der Waals surface area (Å²) in [5.74, 6) is 1.49. The fourth-order valence-electron chi connectivity index (χ4n) is 2.19. The van der Waals surface area contributed by atoms with E-state index in [0.29, 0.717) is 23.9 Å². The summed E-state index contributed by atoms with van der Waals surface area (Å²) in [6.07, 6.45) is 4.08. The Hall–Kier alpha value is -2.29. The minimum Gasteiger partial charge on any atom is -0.357 e. The van der Waals surface area contributed by atoms with E-state index in [2.05, 4.69) is 47.6 Å². The molecule has 0 saturated carbocycles. The molecule has 0 bridgehead atoms. The predicted octanol–water partition coefficient (Wildman–Crippen LogP) is -0.390. The third kappa shape index (κ3) is 2.67. The van der Waals surface area contributed by atoms with Crippen LogP contribution >= 0.6 is 0 Å². The maximum atomic E-state index is 4.38. The lowest BCUT2D eigenvalue weighted by atomic mass is 10.3. The topological polar surface area (TPSA) is 96.7 Å². The minimum absolute atomic E-state index is 0.357. The van der Waals surface area contributed by atoms with Gasteiger partial charge in [-0.1, -0.05) is 0 Å². The molecular weight excluding hydrogens is 258 g/mol. The summed E-state index contributed by atoms with van der Waals surface area (Å²) in [7, 11) is 3.88. The van der Waals surface area contributed by atoms with Gasteiger partial charge in [-0.15, -0.1) is 0 Å². The van der Waals surface area contributed by atoms with Crippen LogP contribution in [-0.2, 0) is 0 Å². The number of nitrogens with zero attached hydrogens (tertiary/aromatic N) is 7. The van der Waals surface area contributed by atoms with Crippen LogP contribution in [0.15, 0.2) is 12.7 Å². The molecule has 9 nitrogen and oxygen atoms in total. The van der Waals surface area contributed by atoms with Gasteiger partial charge in [0.1, 0.15) is 12.7 Å². The summed E-state index contributed by atoms with van der Waals surface area (Å²) in [4.78, 5) is 19.1. The highest BCUT2D eigenvalue weighted by Gasteiger charge is 2.20. The van der Waals surface area contributed by atoms with Gasteiger partial charge in [0.05, 0.1) is 0 Å². The molecule has 1 aliphatic rings. The summed E-state index contributed by atoms with van der Waals surface area (Å²) in [5.41, 5.74) is 0. The van der Waals surface area contributed by atoms with Gasteiger partial charge in [0, 0.05) is 19.6 Å². The quantitative estimate of drug-likeness (QED) is 0.778. The number of likely N-dealkylation sites (N-methyl/N-ethyl adjacent to an activating group) is 1. The Morgan fingerprint density at radius 3 is 2.75 bits per heavy atom. The largest absolute Gasteiger partial charge is 0.357 e. The molecule has 1 fully saturated rings. The minimum atomic E-state index is 0.357. The molecule has 106 valence electrons. The van der Waals surface area contributed by atoms with Gasteiger partial charge in [0.15, 0.2) is 0 Å². The van der Waals surface area contributed by atoms with Crippen LogP contribution in [0.4, 0.5) is 11.9 Å². The van der Waals surface area contributed by atoms with Crippen molar-refractivity contribution >= 4 is 11.9 Å². The van der Waals surface area contributed by atoms with Crippen LogP contribution in [0.25, 0.3) is 5.95 Å². The lowest BCUT2D eigenvalue weighted by Gasteiger charge is -2.13. The van der Waals surface area contributed by atoms with Crippen molar-refractivity contribution in [3.05, 3.63) is 12.7 Å². The van der Waals surface area contributed by atoms with Gasteiger partial charge in [0.2, 0.25) is 11.9 Å². The second kappa shape index (κ2) is 5.37. The molecule has 0 radical (unpaired) electrons. The van der Waals surface area contributed by atoms with Crippen LogP contribution in [0.1, 0.15) is 6.42 Å². The molecule has 1 atom stereocenters. The van der Waals surface area contributed by atoms with E-state index in [9.17, 15) is 0 Å². The first-order valence-electron chi connectivity index (χ1n) is 6.48. The van der Waals surface area contributed by atoms with E-state index < -0.39 is 0 Å². The van der Waals surface area contributed by atoms with Gasteiger partial charge < -0.3 is 15.5 Å². The molecule has 1 saturated heterocycles. The molecule has 0 aromatic carbocycles. The zero-order valence-electron chi connectivity index (χ0n) is 11.5. The third-order valence-corrected chi connectivity index (χ3v) is 3.20. The van der Waals surface area contributed by atoms with Crippen molar-refractivity contribution in [2.75, 3.05) is 37.8 Å². The number of aromatic nitrogens is 6. The third-order valence-electron chi connectivity index (χ3n) is 3.20. The Bertz CT molecular complexity index is 567. The van der Waals surface area contributed by atoms with E-state index in [1.807, 2.05) is 0 Å². The molecule has 0 amide bonds. The number of rotatable bonds is 4. The molecule has 3 rings (SSSR count). The Labute approximate surface area is 116 Å².